The van der Waals surface area contributed by atoms with Crippen molar-refractivity contribution in [3.63, 3.8) is 0 Å². The third kappa shape index (κ3) is 4.93. The van der Waals surface area contributed by atoms with Crippen molar-refractivity contribution in [2.45, 2.75) is 13.0 Å². The number of carbonyl (C=O) groups excluding carboxylic acids is 1. The zero-order valence-corrected chi connectivity index (χ0v) is 17.1. The highest BCUT2D eigenvalue weighted by Crippen LogP contribution is 2.29. The number of nitrogens with zero attached hydrogens (tertiary/aromatic N) is 4. The van der Waals surface area contributed by atoms with Crippen molar-refractivity contribution < 1.29 is 9.53 Å². The molecule has 0 aliphatic heterocycles. The van der Waals surface area contributed by atoms with Crippen LogP contribution in [0.3, 0.4) is 0 Å². The number of rotatable bonds is 8. The molecular weight excluding hydrogens is 408 g/mol. The van der Waals surface area contributed by atoms with E-state index in [1.54, 1.807) is 41.7 Å². The van der Waals surface area contributed by atoms with Crippen LogP contribution in [0.5, 0.6) is 5.75 Å². The Kier molecular flexibility index (Phi) is 6.07. The van der Waals surface area contributed by atoms with Crippen LogP contribution in [0.4, 0.5) is 5.13 Å². The number of carbonyl (C=O) groups is 1. The Morgan fingerprint density at radius 2 is 2.00 bits per heavy atom. The summed E-state index contributed by atoms with van der Waals surface area (Å²) in [7, 11) is 0. The number of amides is 1. The van der Waals surface area contributed by atoms with E-state index < -0.39 is 0 Å². The van der Waals surface area contributed by atoms with E-state index in [1.165, 1.54) is 11.3 Å². The van der Waals surface area contributed by atoms with Crippen LogP contribution in [-0.4, -0.2) is 33.6 Å². The molecule has 148 valence electrons. The standard InChI is InChI=1S/C21H19ClN4O2S/c22-16-6-8-17(9-7-16)28-14-20(27)26(12-3-11-25-13-10-23-15-25)21-24-18-4-1-2-5-19(18)29-21/h1-2,4-10,13,15H,3,11-12,14H2. The van der Waals surface area contributed by atoms with E-state index in [2.05, 4.69) is 9.97 Å². The summed E-state index contributed by atoms with van der Waals surface area (Å²) in [4.78, 5) is 23.4. The largest absolute Gasteiger partial charge is 0.484 e. The molecule has 0 saturated carbocycles. The van der Waals surface area contributed by atoms with Gasteiger partial charge in [0.1, 0.15) is 5.75 Å². The van der Waals surface area contributed by atoms with Gasteiger partial charge in [-0.25, -0.2) is 9.97 Å². The second-order valence-corrected chi connectivity index (χ2v) is 7.85. The Hall–Kier alpha value is -2.90. The van der Waals surface area contributed by atoms with Crippen LogP contribution in [-0.2, 0) is 11.3 Å². The molecule has 0 fully saturated rings. The molecule has 4 aromatic rings. The van der Waals surface area contributed by atoms with E-state index in [-0.39, 0.29) is 12.5 Å². The molecule has 0 atom stereocenters. The third-order valence-corrected chi connectivity index (χ3v) is 5.66. The van der Waals surface area contributed by atoms with Gasteiger partial charge >= 0.3 is 0 Å². The number of ether oxygens (including phenoxy) is 1. The first-order valence-electron chi connectivity index (χ1n) is 9.19. The zero-order chi connectivity index (χ0) is 20.1. The lowest BCUT2D eigenvalue weighted by Gasteiger charge is -2.20. The molecule has 29 heavy (non-hydrogen) atoms. The van der Waals surface area contributed by atoms with Crippen molar-refractivity contribution in [1.82, 2.24) is 14.5 Å². The van der Waals surface area contributed by atoms with Gasteiger partial charge in [0.25, 0.3) is 5.91 Å². The average Bonchev–Trinajstić information content (AvgIpc) is 3.40. The van der Waals surface area contributed by atoms with Gasteiger partial charge in [-0.2, -0.15) is 0 Å². The summed E-state index contributed by atoms with van der Waals surface area (Å²) in [6.45, 7) is 1.25. The number of fused-ring (bicyclic) bond motifs is 1. The summed E-state index contributed by atoms with van der Waals surface area (Å²) in [6.07, 6.45) is 6.20. The Morgan fingerprint density at radius 3 is 2.76 bits per heavy atom. The summed E-state index contributed by atoms with van der Waals surface area (Å²) in [5, 5.41) is 1.31. The molecule has 6 nitrogen and oxygen atoms in total. The molecule has 8 heteroatoms. The molecule has 2 heterocycles. The molecule has 0 aliphatic carbocycles. The number of aryl methyl sites for hydroxylation is 1. The molecule has 0 saturated heterocycles. The first-order chi connectivity index (χ1) is 14.2. The second kappa shape index (κ2) is 9.07. The highest BCUT2D eigenvalue weighted by atomic mass is 35.5. The SMILES string of the molecule is O=C(COc1ccc(Cl)cc1)N(CCCn1ccnc1)c1nc2ccccc2s1. The van der Waals surface area contributed by atoms with Gasteiger partial charge in [0.05, 0.1) is 16.5 Å². The molecule has 0 unspecified atom stereocenters. The number of para-hydroxylation sites is 1. The van der Waals surface area contributed by atoms with Gasteiger partial charge in [0.15, 0.2) is 11.7 Å². The van der Waals surface area contributed by atoms with E-state index in [4.69, 9.17) is 16.3 Å². The van der Waals surface area contributed by atoms with Crippen molar-refractivity contribution in [2.75, 3.05) is 18.1 Å². The smallest absolute Gasteiger partial charge is 0.266 e. The number of halogens is 1. The van der Waals surface area contributed by atoms with Crippen molar-refractivity contribution >= 4 is 44.2 Å². The Labute approximate surface area is 177 Å². The lowest BCUT2D eigenvalue weighted by Crippen LogP contribution is -2.36. The predicted molar refractivity (Wildman–Crippen MR) is 116 cm³/mol. The van der Waals surface area contributed by atoms with Gasteiger partial charge in [-0.15, -0.1) is 0 Å². The minimum Gasteiger partial charge on any atom is -0.484 e. The molecular formula is C21H19ClN4O2S. The van der Waals surface area contributed by atoms with Crippen LogP contribution in [0, 0.1) is 0 Å². The number of benzene rings is 2. The first kappa shape index (κ1) is 19.4. The van der Waals surface area contributed by atoms with Gasteiger partial charge in [0, 0.05) is 30.5 Å². The summed E-state index contributed by atoms with van der Waals surface area (Å²) in [5.41, 5.74) is 0.888. The molecule has 2 aromatic heterocycles. The summed E-state index contributed by atoms with van der Waals surface area (Å²) in [5.74, 6) is 0.468. The maximum absolute atomic E-state index is 13.0. The number of hydrogen-bond acceptors (Lipinski definition) is 5. The number of thiazole rings is 1. The third-order valence-electron chi connectivity index (χ3n) is 4.35. The molecule has 2 aromatic carbocycles. The van der Waals surface area contributed by atoms with E-state index in [0.29, 0.717) is 22.4 Å². The summed E-state index contributed by atoms with van der Waals surface area (Å²) in [6, 6.07) is 14.8. The highest BCUT2D eigenvalue weighted by molar-refractivity contribution is 7.22. The topological polar surface area (TPSA) is 60.2 Å². The van der Waals surface area contributed by atoms with Crippen LogP contribution in [0.1, 0.15) is 6.42 Å². The molecule has 0 radical (unpaired) electrons. The molecule has 0 aliphatic rings. The van der Waals surface area contributed by atoms with Crippen LogP contribution < -0.4 is 9.64 Å². The minimum absolute atomic E-state index is 0.0668. The maximum Gasteiger partial charge on any atom is 0.266 e. The second-order valence-electron chi connectivity index (χ2n) is 6.41. The first-order valence-corrected chi connectivity index (χ1v) is 10.4. The summed E-state index contributed by atoms with van der Waals surface area (Å²) < 4.78 is 8.70. The molecule has 1 amide bonds. The predicted octanol–water partition coefficient (Wildman–Crippen LogP) is 4.65. The van der Waals surface area contributed by atoms with E-state index >= 15 is 0 Å². The number of aromatic nitrogens is 3. The quantitative estimate of drug-likeness (QED) is 0.411. The Balaban J connectivity index is 1.48. The van der Waals surface area contributed by atoms with Gasteiger partial charge in [-0.05, 0) is 42.8 Å². The highest BCUT2D eigenvalue weighted by Gasteiger charge is 2.20. The molecule has 0 bridgehead atoms. The number of imidazole rings is 1. The van der Waals surface area contributed by atoms with E-state index in [1.807, 2.05) is 35.0 Å². The summed E-state index contributed by atoms with van der Waals surface area (Å²) >= 11 is 7.41. The van der Waals surface area contributed by atoms with Crippen LogP contribution in [0.2, 0.25) is 5.02 Å². The Bertz CT molecular complexity index is 1050. The van der Waals surface area contributed by atoms with Gasteiger partial charge in [-0.3, -0.25) is 9.69 Å². The van der Waals surface area contributed by atoms with Crippen molar-refractivity contribution in [3.05, 3.63) is 72.3 Å². The lowest BCUT2D eigenvalue weighted by molar-refractivity contribution is -0.120. The fourth-order valence-corrected chi connectivity index (χ4v) is 4.02. The lowest BCUT2D eigenvalue weighted by atomic mass is 10.3. The fraction of sp³-hybridized carbons (Fsp3) is 0.190. The maximum atomic E-state index is 13.0. The van der Waals surface area contributed by atoms with Crippen LogP contribution >= 0.6 is 22.9 Å². The zero-order valence-electron chi connectivity index (χ0n) is 15.6. The number of anilines is 1. The normalized spacial score (nSPS) is 10.9. The monoisotopic (exact) mass is 426 g/mol. The molecule has 0 spiro atoms. The molecule has 0 N–H and O–H groups in total. The average molecular weight is 427 g/mol. The van der Waals surface area contributed by atoms with E-state index in [0.717, 1.165) is 23.2 Å². The van der Waals surface area contributed by atoms with Gasteiger partial charge < -0.3 is 9.30 Å². The number of hydrogen-bond donors (Lipinski definition) is 0. The van der Waals surface area contributed by atoms with Crippen molar-refractivity contribution in [2.24, 2.45) is 0 Å². The Morgan fingerprint density at radius 1 is 1.17 bits per heavy atom. The van der Waals surface area contributed by atoms with Crippen LogP contribution in [0.15, 0.2) is 67.3 Å². The van der Waals surface area contributed by atoms with Gasteiger partial charge in [0.2, 0.25) is 0 Å². The minimum atomic E-state index is -0.135. The molecule has 4 rings (SSSR count). The van der Waals surface area contributed by atoms with Crippen molar-refractivity contribution in [1.29, 1.82) is 0 Å². The fourth-order valence-electron chi connectivity index (χ4n) is 2.89. The van der Waals surface area contributed by atoms with Crippen molar-refractivity contribution in [3.8, 4) is 5.75 Å². The van der Waals surface area contributed by atoms with Gasteiger partial charge in [-0.1, -0.05) is 35.1 Å². The van der Waals surface area contributed by atoms with Crippen LogP contribution in [0.25, 0.3) is 10.2 Å². The van der Waals surface area contributed by atoms with E-state index in [9.17, 15) is 4.79 Å².